The van der Waals surface area contributed by atoms with Crippen molar-refractivity contribution in [2.75, 3.05) is 32.1 Å². The molecule has 1 aliphatic heterocycles. The van der Waals surface area contributed by atoms with E-state index in [1.807, 2.05) is 30.3 Å². The molecule has 12 heteroatoms. The number of nitrogens with two attached hydrogens (primary N) is 1. The number of ether oxygens (including phenoxy) is 1. The number of carbonyl (C=O) groups excluding carboxylic acids is 4. The highest BCUT2D eigenvalue weighted by atomic mass is 16.7. The molecule has 1 fully saturated rings. The molecule has 1 atom stereocenters. The summed E-state index contributed by atoms with van der Waals surface area (Å²) in [6.45, 7) is 0.667. The zero-order valence-corrected chi connectivity index (χ0v) is 20.7. The summed E-state index contributed by atoms with van der Waals surface area (Å²) in [5.41, 5.74) is 7.86. The summed E-state index contributed by atoms with van der Waals surface area (Å²) >= 11 is 0. The summed E-state index contributed by atoms with van der Waals surface area (Å²) in [4.78, 5) is 55.8. The molecule has 1 heterocycles. The van der Waals surface area contributed by atoms with Crippen molar-refractivity contribution in [3.63, 3.8) is 0 Å². The molecule has 0 aromatic heterocycles. The fraction of sp³-hybridized carbons (Fsp3) is 0.320. The number of esters is 1. The van der Waals surface area contributed by atoms with E-state index in [9.17, 15) is 19.2 Å². The van der Waals surface area contributed by atoms with Crippen molar-refractivity contribution >= 4 is 35.5 Å². The molecule has 0 saturated carbocycles. The first-order valence-electron chi connectivity index (χ1n) is 11.6. The van der Waals surface area contributed by atoms with Gasteiger partial charge in [0, 0.05) is 38.4 Å². The highest BCUT2D eigenvalue weighted by Crippen LogP contribution is 2.22. The molecule has 0 bridgehead atoms. The van der Waals surface area contributed by atoms with Gasteiger partial charge in [-0.3, -0.25) is 14.4 Å². The van der Waals surface area contributed by atoms with Crippen LogP contribution in [0.5, 0.6) is 0 Å². The zero-order valence-electron chi connectivity index (χ0n) is 20.7. The topological polar surface area (TPSA) is 156 Å². The number of amidine groups is 1. The molecular formula is C25H30N6O6. The summed E-state index contributed by atoms with van der Waals surface area (Å²) in [6, 6.07) is 14.7. The molecule has 1 aliphatic rings. The average molecular weight is 511 g/mol. The second-order valence-electron chi connectivity index (χ2n) is 8.40. The number of nitrogens with zero attached hydrogens (tertiary/aromatic N) is 3. The number of hydrogen-bond donors (Lipinski definition) is 3. The SMILES string of the molecule is CN(C)C(=O)ON=C(N)c1ccc(N2CC[C@H](NC(=O)NCCC(=O)OCc3ccccc3)C2=O)cc1. The third-order valence-electron chi connectivity index (χ3n) is 5.43. The van der Waals surface area contributed by atoms with Gasteiger partial charge in [-0.2, -0.15) is 0 Å². The Balaban J connectivity index is 1.42. The molecule has 1 saturated heterocycles. The third kappa shape index (κ3) is 7.95. The fourth-order valence-electron chi connectivity index (χ4n) is 3.40. The van der Waals surface area contributed by atoms with Gasteiger partial charge in [-0.25, -0.2) is 9.59 Å². The molecular weight excluding hydrogens is 480 g/mol. The molecule has 37 heavy (non-hydrogen) atoms. The summed E-state index contributed by atoms with van der Waals surface area (Å²) in [6.07, 6.45) is -0.220. The Kier molecular flexibility index (Phi) is 9.41. The quantitative estimate of drug-likeness (QED) is 0.152. The molecule has 0 aliphatic carbocycles. The molecule has 2 aromatic carbocycles. The lowest BCUT2D eigenvalue weighted by Gasteiger charge is -2.18. The number of carbonyl (C=O) groups is 4. The Morgan fingerprint density at radius 1 is 1.11 bits per heavy atom. The Morgan fingerprint density at radius 3 is 2.49 bits per heavy atom. The summed E-state index contributed by atoms with van der Waals surface area (Å²) in [7, 11) is 3.04. The Morgan fingerprint density at radius 2 is 1.81 bits per heavy atom. The molecule has 3 rings (SSSR count). The van der Waals surface area contributed by atoms with E-state index in [0.717, 1.165) is 5.56 Å². The maximum absolute atomic E-state index is 12.8. The van der Waals surface area contributed by atoms with E-state index in [1.54, 1.807) is 29.2 Å². The van der Waals surface area contributed by atoms with Crippen molar-refractivity contribution < 1.29 is 28.8 Å². The standard InChI is InChI=1S/C25H30N6O6/c1-30(2)25(35)37-29-22(26)18-8-10-19(11-9-18)31-15-13-20(23(31)33)28-24(34)27-14-12-21(32)36-16-17-6-4-3-5-7-17/h3-11,20H,12-16H2,1-2H3,(H2,26,29)(H2,27,28,34)/t20-/m0/s1. The van der Waals surface area contributed by atoms with Crippen LogP contribution in [0, 0.1) is 0 Å². The third-order valence-corrected chi connectivity index (χ3v) is 5.43. The Bertz CT molecular complexity index is 1140. The Labute approximate surface area is 214 Å². The first-order chi connectivity index (χ1) is 17.7. The van der Waals surface area contributed by atoms with E-state index >= 15 is 0 Å². The van der Waals surface area contributed by atoms with E-state index in [4.69, 9.17) is 15.3 Å². The normalized spacial score (nSPS) is 15.2. The predicted octanol–water partition coefficient (Wildman–Crippen LogP) is 1.54. The van der Waals surface area contributed by atoms with Crippen LogP contribution in [-0.4, -0.2) is 68.0 Å². The first-order valence-corrected chi connectivity index (χ1v) is 11.6. The van der Waals surface area contributed by atoms with Crippen molar-refractivity contribution in [3.8, 4) is 0 Å². The molecule has 0 unspecified atom stereocenters. The zero-order chi connectivity index (χ0) is 26.8. The minimum Gasteiger partial charge on any atom is -0.461 e. The van der Waals surface area contributed by atoms with Crippen LogP contribution in [-0.2, 0) is 25.8 Å². The first kappa shape index (κ1) is 27.0. The lowest BCUT2D eigenvalue weighted by Crippen LogP contribution is -2.46. The lowest BCUT2D eigenvalue weighted by atomic mass is 10.2. The van der Waals surface area contributed by atoms with Crippen LogP contribution >= 0.6 is 0 Å². The van der Waals surface area contributed by atoms with Gasteiger partial charge in [0.25, 0.3) is 0 Å². The number of nitrogens with one attached hydrogen (secondary N) is 2. The maximum Gasteiger partial charge on any atom is 0.435 e. The number of rotatable bonds is 9. The van der Waals surface area contributed by atoms with E-state index in [1.165, 1.54) is 19.0 Å². The van der Waals surface area contributed by atoms with E-state index in [2.05, 4.69) is 15.8 Å². The highest BCUT2D eigenvalue weighted by Gasteiger charge is 2.33. The molecule has 12 nitrogen and oxygen atoms in total. The summed E-state index contributed by atoms with van der Waals surface area (Å²) in [5.74, 6) is -0.682. The van der Waals surface area contributed by atoms with Gasteiger partial charge in [0.15, 0.2) is 5.84 Å². The molecule has 0 radical (unpaired) electrons. The largest absolute Gasteiger partial charge is 0.461 e. The molecule has 0 spiro atoms. The monoisotopic (exact) mass is 510 g/mol. The number of anilines is 1. The van der Waals surface area contributed by atoms with Gasteiger partial charge >= 0.3 is 18.1 Å². The predicted molar refractivity (Wildman–Crippen MR) is 135 cm³/mol. The minimum atomic E-state index is -0.693. The van der Waals surface area contributed by atoms with Crippen molar-refractivity contribution in [1.82, 2.24) is 15.5 Å². The van der Waals surface area contributed by atoms with Gasteiger partial charge in [0.2, 0.25) is 5.91 Å². The van der Waals surface area contributed by atoms with Gasteiger partial charge in [-0.15, -0.1) is 0 Å². The minimum absolute atomic E-state index is 0.00894. The van der Waals surface area contributed by atoms with Crippen LogP contribution in [0.4, 0.5) is 15.3 Å². The van der Waals surface area contributed by atoms with Crippen molar-refractivity contribution in [2.24, 2.45) is 10.9 Å². The molecule has 4 N–H and O–H groups in total. The average Bonchev–Trinajstić information content (AvgIpc) is 3.25. The van der Waals surface area contributed by atoms with Crippen LogP contribution < -0.4 is 21.3 Å². The van der Waals surface area contributed by atoms with E-state index in [-0.39, 0.29) is 31.3 Å². The number of benzene rings is 2. The molecule has 4 amide bonds. The second-order valence-corrected chi connectivity index (χ2v) is 8.40. The maximum atomic E-state index is 12.8. The van der Waals surface area contributed by atoms with Crippen molar-refractivity contribution in [1.29, 1.82) is 0 Å². The Hall–Kier alpha value is -4.61. The van der Waals surface area contributed by atoms with Crippen LogP contribution in [0.1, 0.15) is 24.0 Å². The van der Waals surface area contributed by atoms with Crippen LogP contribution in [0.3, 0.4) is 0 Å². The van der Waals surface area contributed by atoms with Gasteiger partial charge in [-0.1, -0.05) is 35.5 Å². The van der Waals surface area contributed by atoms with Gasteiger partial charge in [0.05, 0.1) is 6.42 Å². The fourth-order valence-corrected chi connectivity index (χ4v) is 3.40. The number of oxime groups is 1. The summed E-state index contributed by atoms with van der Waals surface area (Å²) in [5, 5.41) is 8.82. The van der Waals surface area contributed by atoms with Crippen LogP contribution in [0.2, 0.25) is 0 Å². The van der Waals surface area contributed by atoms with Crippen LogP contribution in [0.25, 0.3) is 0 Å². The van der Waals surface area contributed by atoms with Gasteiger partial charge in [0.1, 0.15) is 12.6 Å². The van der Waals surface area contributed by atoms with E-state index < -0.39 is 24.1 Å². The number of amides is 4. The lowest BCUT2D eigenvalue weighted by molar-refractivity contribution is -0.144. The van der Waals surface area contributed by atoms with Crippen molar-refractivity contribution in [3.05, 3.63) is 65.7 Å². The molecule has 2 aromatic rings. The number of hydrogen-bond acceptors (Lipinski definition) is 7. The summed E-state index contributed by atoms with van der Waals surface area (Å²) < 4.78 is 5.17. The number of urea groups is 1. The van der Waals surface area contributed by atoms with Gasteiger partial charge in [-0.05, 0) is 36.2 Å². The second kappa shape index (κ2) is 12.9. The van der Waals surface area contributed by atoms with Gasteiger partial charge < -0.3 is 30.9 Å². The van der Waals surface area contributed by atoms with Crippen LogP contribution in [0.15, 0.2) is 59.8 Å². The highest BCUT2D eigenvalue weighted by molar-refractivity contribution is 6.02. The molecule has 196 valence electrons. The van der Waals surface area contributed by atoms with E-state index in [0.29, 0.717) is 24.2 Å². The smallest absolute Gasteiger partial charge is 0.435 e. The van der Waals surface area contributed by atoms with Crippen molar-refractivity contribution in [2.45, 2.75) is 25.5 Å².